The highest BCUT2D eigenvalue weighted by atomic mass is 32.2. The zero-order chi connectivity index (χ0) is 13.7. The Morgan fingerprint density at radius 3 is 2.95 bits per heavy atom. The van der Waals surface area contributed by atoms with Crippen LogP contribution in [0.2, 0.25) is 0 Å². The van der Waals surface area contributed by atoms with Crippen LogP contribution < -0.4 is 4.72 Å². The molecule has 0 fully saturated rings. The van der Waals surface area contributed by atoms with E-state index >= 15 is 0 Å². The van der Waals surface area contributed by atoms with Crippen molar-refractivity contribution in [3.05, 3.63) is 24.5 Å². The summed E-state index contributed by atoms with van der Waals surface area (Å²) < 4.78 is 26.8. The van der Waals surface area contributed by atoms with Gasteiger partial charge in [0.15, 0.2) is 0 Å². The average Bonchev–Trinajstić information content (AvgIpc) is 2.83. The lowest BCUT2D eigenvalue weighted by molar-refractivity contribution is 0.283. The third-order valence-electron chi connectivity index (χ3n) is 2.83. The summed E-state index contributed by atoms with van der Waals surface area (Å²) in [7, 11) is -3.51. The van der Waals surface area contributed by atoms with Crippen molar-refractivity contribution in [2.75, 3.05) is 13.2 Å². The average molecular weight is 283 g/mol. The van der Waals surface area contributed by atoms with Gasteiger partial charge in [0.2, 0.25) is 10.0 Å². The van der Waals surface area contributed by atoms with Gasteiger partial charge in [-0.3, -0.25) is 0 Å². The first-order valence-electron chi connectivity index (χ1n) is 6.18. The molecule has 0 saturated heterocycles. The lowest BCUT2D eigenvalue weighted by Crippen LogP contribution is -2.24. The summed E-state index contributed by atoms with van der Waals surface area (Å²) in [5.41, 5.74) is 0.558. The van der Waals surface area contributed by atoms with Crippen molar-refractivity contribution in [3.63, 3.8) is 0 Å². The van der Waals surface area contributed by atoms with E-state index in [1.165, 1.54) is 6.20 Å². The van der Waals surface area contributed by atoms with Crippen molar-refractivity contribution in [2.45, 2.75) is 24.2 Å². The summed E-state index contributed by atoms with van der Waals surface area (Å²) >= 11 is 0. The smallest absolute Gasteiger partial charge is 0.242 e. The molecule has 0 aliphatic rings. The number of rotatable bonds is 7. The predicted octanol–water partition coefficient (Wildman–Crippen LogP) is 1.00. The first kappa shape index (κ1) is 14.0. The molecule has 3 N–H and O–H groups in total. The van der Waals surface area contributed by atoms with E-state index in [4.69, 9.17) is 5.11 Å². The molecule has 2 aromatic rings. The fraction of sp³-hybridized carbons (Fsp3) is 0.417. The molecule has 104 valence electrons. The topological polar surface area (TPSA) is 95.1 Å². The maximum Gasteiger partial charge on any atom is 0.242 e. The second kappa shape index (κ2) is 6.14. The summed E-state index contributed by atoms with van der Waals surface area (Å²) in [4.78, 5) is 7.12. The molecule has 0 unspecified atom stereocenters. The Hall–Kier alpha value is -1.44. The van der Waals surface area contributed by atoms with Crippen molar-refractivity contribution in [1.82, 2.24) is 14.7 Å². The summed E-state index contributed by atoms with van der Waals surface area (Å²) in [6.45, 7) is 0.510. The number of unbranched alkanes of at least 4 members (excludes halogenated alkanes) is 2. The van der Waals surface area contributed by atoms with Gasteiger partial charge in [-0.1, -0.05) is 0 Å². The SMILES string of the molecule is O=S(=O)(NCCCCCO)c1c[nH]c2ncccc12. The van der Waals surface area contributed by atoms with E-state index in [-0.39, 0.29) is 11.5 Å². The van der Waals surface area contributed by atoms with E-state index in [9.17, 15) is 8.42 Å². The van der Waals surface area contributed by atoms with Crippen LogP contribution in [0, 0.1) is 0 Å². The number of nitrogens with zero attached hydrogens (tertiary/aromatic N) is 1. The van der Waals surface area contributed by atoms with Crippen LogP contribution in [0.5, 0.6) is 0 Å². The highest BCUT2D eigenvalue weighted by Crippen LogP contribution is 2.20. The second-order valence-corrected chi connectivity index (χ2v) is 5.97. The molecule has 0 saturated carbocycles. The molecule has 0 amide bonds. The quantitative estimate of drug-likeness (QED) is 0.661. The van der Waals surface area contributed by atoms with E-state index in [2.05, 4.69) is 14.7 Å². The molecule has 0 aliphatic heterocycles. The summed E-state index contributed by atoms with van der Waals surface area (Å²) in [6, 6.07) is 3.43. The lowest BCUT2D eigenvalue weighted by Gasteiger charge is -2.05. The predicted molar refractivity (Wildman–Crippen MR) is 72.2 cm³/mol. The molecule has 2 aromatic heterocycles. The van der Waals surface area contributed by atoms with Gasteiger partial charge in [-0.2, -0.15) is 0 Å². The Kier molecular flexibility index (Phi) is 4.52. The molecule has 7 heteroatoms. The number of nitrogens with one attached hydrogen (secondary N) is 2. The minimum atomic E-state index is -3.51. The number of H-pyrrole nitrogens is 1. The second-order valence-electron chi connectivity index (χ2n) is 4.23. The maximum atomic E-state index is 12.1. The number of hydrogen-bond acceptors (Lipinski definition) is 4. The van der Waals surface area contributed by atoms with Crippen molar-refractivity contribution in [2.24, 2.45) is 0 Å². The van der Waals surface area contributed by atoms with Crippen LogP contribution in [0.15, 0.2) is 29.4 Å². The van der Waals surface area contributed by atoms with E-state index in [1.807, 2.05) is 0 Å². The number of sulfonamides is 1. The van der Waals surface area contributed by atoms with E-state index in [0.717, 1.165) is 6.42 Å². The zero-order valence-corrected chi connectivity index (χ0v) is 11.3. The van der Waals surface area contributed by atoms with Crippen LogP contribution in [-0.2, 0) is 10.0 Å². The Morgan fingerprint density at radius 2 is 2.16 bits per heavy atom. The number of fused-ring (bicyclic) bond motifs is 1. The Labute approximate surface area is 111 Å². The van der Waals surface area contributed by atoms with Crippen LogP contribution in [0.25, 0.3) is 11.0 Å². The van der Waals surface area contributed by atoms with Gasteiger partial charge in [-0.25, -0.2) is 18.1 Å². The summed E-state index contributed by atoms with van der Waals surface area (Å²) in [5.74, 6) is 0. The molecular weight excluding hydrogens is 266 g/mol. The summed E-state index contributed by atoms with van der Waals surface area (Å²) in [5, 5.41) is 9.23. The van der Waals surface area contributed by atoms with Crippen LogP contribution in [-0.4, -0.2) is 36.6 Å². The largest absolute Gasteiger partial charge is 0.396 e. The third kappa shape index (κ3) is 3.31. The van der Waals surface area contributed by atoms with Gasteiger partial charge in [-0.05, 0) is 31.4 Å². The van der Waals surface area contributed by atoms with Crippen molar-refractivity contribution < 1.29 is 13.5 Å². The molecule has 6 nitrogen and oxygen atoms in total. The molecule has 2 heterocycles. The number of aromatic nitrogens is 2. The number of aliphatic hydroxyl groups excluding tert-OH is 1. The Morgan fingerprint density at radius 1 is 1.32 bits per heavy atom. The van der Waals surface area contributed by atoms with Gasteiger partial charge < -0.3 is 10.1 Å². The van der Waals surface area contributed by atoms with Gasteiger partial charge in [0, 0.05) is 30.9 Å². The molecular formula is C12H17N3O3S. The van der Waals surface area contributed by atoms with Crippen LogP contribution in [0.3, 0.4) is 0 Å². The van der Waals surface area contributed by atoms with Crippen LogP contribution in [0.1, 0.15) is 19.3 Å². The van der Waals surface area contributed by atoms with Crippen molar-refractivity contribution in [1.29, 1.82) is 0 Å². The molecule has 19 heavy (non-hydrogen) atoms. The van der Waals surface area contributed by atoms with E-state index in [1.54, 1.807) is 18.3 Å². The normalized spacial score (nSPS) is 12.1. The standard InChI is InChI=1S/C12H17N3O3S/c16-8-3-1-2-7-15-19(17,18)11-9-14-12-10(11)5-4-6-13-12/h4-6,9,15-16H,1-3,7-8H2,(H,13,14). The number of hydrogen-bond donors (Lipinski definition) is 3. The van der Waals surface area contributed by atoms with Gasteiger partial charge >= 0.3 is 0 Å². The van der Waals surface area contributed by atoms with Gasteiger partial charge in [0.05, 0.1) is 0 Å². The molecule has 2 rings (SSSR count). The minimum absolute atomic E-state index is 0.140. The monoisotopic (exact) mass is 283 g/mol. The third-order valence-corrected chi connectivity index (χ3v) is 4.33. The zero-order valence-electron chi connectivity index (χ0n) is 10.5. The van der Waals surface area contributed by atoms with Gasteiger partial charge in [0.1, 0.15) is 10.5 Å². The van der Waals surface area contributed by atoms with Crippen LogP contribution >= 0.6 is 0 Å². The molecule has 0 atom stereocenters. The molecule has 0 radical (unpaired) electrons. The minimum Gasteiger partial charge on any atom is -0.396 e. The fourth-order valence-electron chi connectivity index (χ4n) is 1.85. The number of aliphatic hydroxyl groups is 1. The van der Waals surface area contributed by atoms with Gasteiger partial charge in [0.25, 0.3) is 0 Å². The molecule has 0 spiro atoms. The lowest BCUT2D eigenvalue weighted by atomic mass is 10.2. The number of pyridine rings is 1. The molecule has 0 aromatic carbocycles. The highest BCUT2D eigenvalue weighted by molar-refractivity contribution is 7.89. The Bertz CT molecular complexity index is 636. The molecule has 0 aliphatic carbocycles. The molecule has 0 bridgehead atoms. The summed E-state index contributed by atoms with van der Waals surface area (Å²) in [6.07, 6.45) is 5.26. The van der Waals surface area contributed by atoms with Crippen molar-refractivity contribution in [3.8, 4) is 0 Å². The van der Waals surface area contributed by atoms with E-state index < -0.39 is 10.0 Å². The first-order valence-corrected chi connectivity index (χ1v) is 7.66. The van der Waals surface area contributed by atoms with Crippen molar-refractivity contribution >= 4 is 21.1 Å². The maximum absolute atomic E-state index is 12.1. The first-order chi connectivity index (χ1) is 9.15. The van der Waals surface area contributed by atoms with Crippen LogP contribution in [0.4, 0.5) is 0 Å². The van der Waals surface area contributed by atoms with Gasteiger partial charge in [-0.15, -0.1) is 0 Å². The Balaban J connectivity index is 2.07. The van der Waals surface area contributed by atoms with E-state index in [0.29, 0.717) is 30.4 Å². The fourth-order valence-corrected chi connectivity index (χ4v) is 3.09. The number of aromatic amines is 1. The highest BCUT2D eigenvalue weighted by Gasteiger charge is 2.18.